The smallest absolute Gasteiger partial charge is 0.227 e. The van der Waals surface area contributed by atoms with Crippen LogP contribution in [0.5, 0.6) is 0 Å². The summed E-state index contributed by atoms with van der Waals surface area (Å²) in [4.78, 5) is 20.8. The molecule has 1 amide bonds. The van der Waals surface area contributed by atoms with Gasteiger partial charge in [-0.15, -0.1) is 0 Å². The summed E-state index contributed by atoms with van der Waals surface area (Å²) in [6.45, 7) is 3.80. The maximum absolute atomic E-state index is 10.5. The van der Waals surface area contributed by atoms with E-state index in [1.165, 1.54) is 6.92 Å². The zero-order valence-electron chi connectivity index (χ0n) is 9.19. The summed E-state index contributed by atoms with van der Waals surface area (Å²) in [5.74, 6) is -0.286. The fourth-order valence-corrected chi connectivity index (χ4v) is 0.871. The minimum absolute atomic E-state index is 0.00778. The van der Waals surface area contributed by atoms with Crippen LogP contribution < -0.4 is 5.32 Å². The van der Waals surface area contributed by atoms with Crippen molar-refractivity contribution in [2.45, 2.75) is 20.3 Å². The molecule has 0 saturated carbocycles. The molecule has 0 aliphatic heterocycles. The Hall–Kier alpha value is -1.64. The van der Waals surface area contributed by atoms with Crippen molar-refractivity contribution in [3.05, 3.63) is 36.4 Å². The molecule has 0 bridgehead atoms. The highest BCUT2D eigenvalue weighted by molar-refractivity contribution is 5.96. The standard InChI is InChI=1S/C6H11NO2.C6H6/c1-3-7-6(9)4-5(2)8;1-2-4-6-5-3-1/h3-4H2,1-2H3,(H,7,9);1-6H. The highest BCUT2D eigenvalue weighted by Crippen LogP contribution is 1.80. The summed E-state index contributed by atoms with van der Waals surface area (Å²) in [6, 6.07) is 12.0. The topological polar surface area (TPSA) is 46.2 Å². The zero-order valence-corrected chi connectivity index (χ0v) is 9.19. The molecule has 3 nitrogen and oxygen atoms in total. The molecule has 1 aromatic rings. The van der Waals surface area contributed by atoms with E-state index in [1.807, 2.05) is 43.3 Å². The Bertz CT molecular complexity index is 256. The third-order valence-electron chi connectivity index (χ3n) is 1.45. The summed E-state index contributed by atoms with van der Waals surface area (Å²) in [6.07, 6.45) is 0.00778. The summed E-state index contributed by atoms with van der Waals surface area (Å²) in [5, 5.41) is 2.52. The number of ketones is 1. The molecule has 0 saturated heterocycles. The average molecular weight is 207 g/mol. The lowest BCUT2D eigenvalue weighted by Gasteiger charge is -1.96. The van der Waals surface area contributed by atoms with E-state index in [0.717, 1.165) is 0 Å². The quantitative estimate of drug-likeness (QED) is 0.768. The number of hydrogen-bond donors (Lipinski definition) is 1. The van der Waals surface area contributed by atoms with Crippen LogP contribution in [0.3, 0.4) is 0 Å². The molecule has 0 atom stereocenters. The van der Waals surface area contributed by atoms with Gasteiger partial charge in [-0.25, -0.2) is 0 Å². The minimum atomic E-state index is -0.190. The van der Waals surface area contributed by atoms with E-state index < -0.39 is 0 Å². The summed E-state index contributed by atoms with van der Waals surface area (Å²) in [5.41, 5.74) is 0. The number of hydrogen-bond acceptors (Lipinski definition) is 2. The van der Waals surface area contributed by atoms with Gasteiger partial charge >= 0.3 is 0 Å². The van der Waals surface area contributed by atoms with Crippen molar-refractivity contribution in [3.8, 4) is 0 Å². The van der Waals surface area contributed by atoms with Gasteiger partial charge in [-0.3, -0.25) is 9.59 Å². The monoisotopic (exact) mass is 207 g/mol. The van der Waals surface area contributed by atoms with Crippen molar-refractivity contribution in [2.24, 2.45) is 0 Å². The molecule has 0 aromatic heterocycles. The third kappa shape index (κ3) is 10.3. The molecule has 0 aliphatic carbocycles. The first-order chi connectivity index (χ1) is 7.16. The molecule has 0 unspecified atom stereocenters. The van der Waals surface area contributed by atoms with Gasteiger partial charge in [-0.05, 0) is 13.8 Å². The van der Waals surface area contributed by atoms with E-state index in [4.69, 9.17) is 0 Å². The number of Topliss-reactive ketones (excluding diaryl/α,β-unsaturated/α-hetero) is 1. The molecule has 0 spiro atoms. The maximum atomic E-state index is 10.5. The molecule has 0 heterocycles. The predicted octanol–water partition coefficient (Wildman–Crippen LogP) is 1.79. The second-order valence-corrected chi connectivity index (χ2v) is 2.99. The van der Waals surface area contributed by atoms with Crippen LogP contribution in [0.1, 0.15) is 20.3 Å². The van der Waals surface area contributed by atoms with Gasteiger partial charge < -0.3 is 5.32 Å². The molecule has 0 aliphatic rings. The largest absolute Gasteiger partial charge is 0.356 e. The van der Waals surface area contributed by atoms with Crippen LogP contribution in [-0.4, -0.2) is 18.2 Å². The van der Waals surface area contributed by atoms with Gasteiger partial charge in [0.05, 0.1) is 6.42 Å². The lowest BCUT2D eigenvalue weighted by Crippen LogP contribution is -2.24. The van der Waals surface area contributed by atoms with Gasteiger partial charge in [0.1, 0.15) is 5.78 Å². The van der Waals surface area contributed by atoms with Crippen LogP contribution in [0.25, 0.3) is 0 Å². The van der Waals surface area contributed by atoms with Crippen molar-refractivity contribution in [1.29, 1.82) is 0 Å². The molecule has 1 N–H and O–H groups in total. The van der Waals surface area contributed by atoms with Gasteiger partial charge in [0, 0.05) is 6.54 Å². The Morgan fingerprint density at radius 2 is 1.40 bits per heavy atom. The Morgan fingerprint density at radius 3 is 1.67 bits per heavy atom. The van der Waals surface area contributed by atoms with Crippen molar-refractivity contribution >= 4 is 11.7 Å². The van der Waals surface area contributed by atoms with Gasteiger partial charge in [0.2, 0.25) is 5.91 Å². The van der Waals surface area contributed by atoms with Crippen molar-refractivity contribution < 1.29 is 9.59 Å². The van der Waals surface area contributed by atoms with E-state index in [9.17, 15) is 9.59 Å². The highest BCUT2D eigenvalue weighted by Gasteiger charge is 2.00. The summed E-state index contributed by atoms with van der Waals surface area (Å²) < 4.78 is 0. The molecule has 82 valence electrons. The molecular weight excluding hydrogens is 190 g/mol. The minimum Gasteiger partial charge on any atom is -0.356 e. The molecule has 0 fully saturated rings. The third-order valence-corrected chi connectivity index (χ3v) is 1.45. The van der Waals surface area contributed by atoms with E-state index >= 15 is 0 Å². The number of nitrogens with one attached hydrogen (secondary N) is 1. The van der Waals surface area contributed by atoms with E-state index in [2.05, 4.69) is 5.32 Å². The molecule has 3 heteroatoms. The first-order valence-electron chi connectivity index (χ1n) is 4.93. The molecule has 15 heavy (non-hydrogen) atoms. The van der Waals surface area contributed by atoms with E-state index in [0.29, 0.717) is 6.54 Å². The Kier molecular flexibility index (Phi) is 7.96. The first-order valence-corrected chi connectivity index (χ1v) is 4.93. The van der Waals surface area contributed by atoms with Crippen LogP contribution in [0.4, 0.5) is 0 Å². The second-order valence-electron chi connectivity index (χ2n) is 2.99. The fourth-order valence-electron chi connectivity index (χ4n) is 0.871. The van der Waals surface area contributed by atoms with Crippen LogP contribution in [0.2, 0.25) is 0 Å². The predicted molar refractivity (Wildman–Crippen MR) is 60.4 cm³/mol. The molecule has 1 rings (SSSR count). The molecule has 0 radical (unpaired) electrons. The number of amides is 1. The number of rotatable bonds is 3. The summed E-state index contributed by atoms with van der Waals surface area (Å²) in [7, 11) is 0. The van der Waals surface area contributed by atoms with Crippen LogP contribution in [-0.2, 0) is 9.59 Å². The fraction of sp³-hybridized carbons (Fsp3) is 0.333. The highest BCUT2D eigenvalue weighted by atomic mass is 16.2. The number of carbonyl (C=O) groups excluding carboxylic acids is 2. The Labute approximate surface area is 90.5 Å². The average Bonchev–Trinajstić information content (AvgIpc) is 2.20. The number of benzene rings is 1. The Balaban J connectivity index is 0.000000280. The van der Waals surface area contributed by atoms with Gasteiger partial charge in [0.25, 0.3) is 0 Å². The SMILES string of the molecule is CCNC(=O)CC(C)=O.c1ccccc1. The first kappa shape index (κ1) is 13.4. The maximum Gasteiger partial charge on any atom is 0.227 e. The normalized spacial score (nSPS) is 8.40. The second kappa shape index (κ2) is 8.94. The van der Waals surface area contributed by atoms with E-state index in [-0.39, 0.29) is 18.1 Å². The van der Waals surface area contributed by atoms with Crippen LogP contribution in [0, 0.1) is 0 Å². The van der Waals surface area contributed by atoms with Crippen LogP contribution >= 0.6 is 0 Å². The van der Waals surface area contributed by atoms with Gasteiger partial charge in [-0.2, -0.15) is 0 Å². The lowest BCUT2D eigenvalue weighted by molar-refractivity contribution is -0.127. The Morgan fingerprint density at radius 1 is 1.00 bits per heavy atom. The molecular formula is C12H17NO2. The van der Waals surface area contributed by atoms with Gasteiger partial charge in [0.15, 0.2) is 0 Å². The van der Waals surface area contributed by atoms with Crippen molar-refractivity contribution in [1.82, 2.24) is 5.32 Å². The van der Waals surface area contributed by atoms with Crippen molar-refractivity contribution in [3.63, 3.8) is 0 Å². The van der Waals surface area contributed by atoms with E-state index in [1.54, 1.807) is 0 Å². The zero-order chi connectivity index (χ0) is 11.5. The number of carbonyl (C=O) groups is 2. The summed E-state index contributed by atoms with van der Waals surface area (Å²) >= 11 is 0. The van der Waals surface area contributed by atoms with Gasteiger partial charge in [-0.1, -0.05) is 36.4 Å². The van der Waals surface area contributed by atoms with Crippen LogP contribution in [0.15, 0.2) is 36.4 Å². The molecule has 1 aromatic carbocycles. The lowest BCUT2D eigenvalue weighted by atomic mass is 10.3. The van der Waals surface area contributed by atoms with Crippen molar-refractivity contribution in [2.75, 3.05) is 6.54 Å².